The lowest BCUT2D eigenvalue weighted by molar-refractivity contribution is -0.385. The molecule has 76 valence electrons. The third-order valence-electron chi connectivity index (χ3n) is 1.73. The lowest BCUT2D eigenvalue weighted by Crippen LogP contribution is -2.07. The number of hydrogen-bond donors (Lipinski definition) is 1. The van der Waals surface area contributed by atoms with Gasteiger partial charge in [-0.05, 0) is 13.3 Å². The molecule has 0 aromatic carbocycles. The number of anilines is 1. The SMILES string of the molecule is CCCNc1ncnc(C)c1[N+](=O)[O-]. The maximum absolute atomic E-state index is 10.7. The van der Waals surface area contributed by atoms with E-state index in [1.807, 2.05) is 6.92 Å². The third-order valence-corrected chi connectivity index (χ3v) is 1.73. The van der Waals surface area contributed by atoms with E-state index in [1.54, 1.807) is 6.92 Å². The smallest absolute Gasteiger partial charge is 0.332 e. The van der Waals surface area contributed by atoms with E-state index in [0.29, 0.717) is 18.1 Å². The van der Waals surface area contributed by atoms with E-state index in [1.165, 1.54) is 6.33 Å². The van der Waals surface area contributed by atoms with Crippen molar-refractivity contribution in [2.75, 3.05) is 11.9 Å². The van der Waals surface area contributed by atoms with Crippen LogP contribution in [0.4, 0.5) is 11.5 Å². The Kier molecular flexibility index (Phi) is 3.33. The van der Waals surface area contributed by atoms with Crippen LogP contribution in [0.15, 0.2) is 6.33 Å². The second kappa shape index (κ2) is 4.50. The zero-order chi connectivity index (χ0) is 10.6. The zero-order valence-corrected chi connectivity index (χ0v) is 8.15. The predicted octanol–water partition coefficient (Wildman–Crippen LogP) is 1.52. The van der Waals surface area contributed by atoms with Gasteiger partial charge in [-0.15, -0.1) is 0 Å². The van der Waals surface area contributed by atoms with Gasteiger partial charge in [-0.25, -0.2) is 9.97 Å². The van der Waals surface area contributed by atoms with E-state index in [-0.39, 0.29) is 5.69 Å². The third kappa shape index (κ3) is 2.15. The molecular formula is C8H12N4O2. The Balaban J connectivity index is 3.02. The summed E-state index contributed by atoms with van der Waals surface area (Å²) in [6.07, 6.45) is 2.21. The molecule has 1 aromatic heterocycles. The topological polar surface area (TPSA) is 81.0 Å². The largest absolute Gasteiger partial charge is 0.364 e. The van der Waals surface area contributed by atoms with Crippen LogP contribution in [0.25, 0.3) is 0 Å². The van der Waals surface area contributed by atoms with E-state index in [2.05, 4.69) is 15.3 Å². The lowest BCUT2D eigenvalue weighted by atomic mass is 10.3. The van der Waals surface area contributed by atoms with Gasteiger partial charge >= 0.3 is 5.69 Å². The molecule has 0 saturated heterocycles. The Hall–Kier alpha value is -1.72. The van der Waals surface area contributed by atoms with E-state index in [4.69, 9.17) is 0 Å². The molecule has 0 unspecified atom stereocenters. The summed E-state index contributed by atoms with van der Waals surface area (Å²) in [5.41, 5.74) is 0.338. The van der Waals surface area contributed by atoms with Crippen LogP contribution in [0.3, 0.4) is 0 Å². The first-order valence-electron chi connectivity index (χ1n) is 4.36. The van der Waals surface area contributed by atoms with Gasteiger partial charge in [-0.2, -0.15) is 0 Å². The summed E-state index contributed by atoms with van der Waals surface area (Å²) in [6, 6.07) is 0. The van der Waals surface area contributed by atoms with Crippen molar-refractivity contribution < 1.29 is 4.92 Å². The molecule has 0 atom stereocenters. The summed E-state index contributed by atoms with van der Waals surface area (Å²) in [4.78, 5) is 17.8. The highest BCUT2D eigenvalue weighted by atomic mass is 16.6. The summed E-state index contributed by atoms with van der Waals surface area (Å²) in [7, 11) is 0. The van der Waals surface area contributed by atoms with Gasteiger partial charge < -0.3 is 5.32 Å². The van der Waals surface area contributed by atoms with Crippen molar-refractivity contribution in [2.45, 2.75) is 20.3 Å². The maximum Gasteiger partial charge on any atom is 0.332 e. The van der Waals surface area contributed by atoms with Crippen LogP contribution in [0.1, 0.15) is 19.0 Å². The van der Waals surface area contributed by atoms with Crippen molar-refractivity contribution >= 4 is 11.5 Å². The number of rotatable bonds is 4. The Morgan fingerprint density at radius 2 is 2.29 bits per heavy atom. The van der Waals surface area contributed by atoms with Gasteiger partial charge in [0.1, 0.15) is 12.0 Å². The second-order valence-electron chi connectivity index (χ2n) is 2.84. The molecule has 14 heavy (non-hydrogen) atoms. The van der Waals surface area contributed by atoms with Crippen LogP contribution < -0.4 is 5.32 Å². The van der Waals surface area contributed by atoms with Crippen LogP contribution in [-0.2, 0) is 0 Å². The fraction of sp³-hybridized carbons (Fsp3) is 0.500. The monoisotopic (exact) mass is 196 g/mol. The Morgan fingerprint density at radius 1 is 1.57 bits per heavy atom. The summed E-state index contributed by atoms with van der Waals surface area (Å²) >= 11 is 0. The fourth-order valence-electron chi connectivity index (χ4n) is 1.06. The summed E-state index contributed by atoms with van der Waals surface area (Å²) < 4.78 is 0. The second-order valence-corrected chi connectivity index (χ2v) is 2.84. The summed E-state index contributed by atoms with van der Waals surface area (Å²) in [5.74, 6) is 0.296. The standard InChI is InChI=1S/C8H12N4O2/c1-3-4-9-8-7(12(13)14)6(2)10-5-11-8/h5H,3-4H2,1-2H3,(H,9,10,11). The zero-order valence-electron chi connectivity index (χ0n) is 8.15. The van der Waals surface area contributed by atoms with E-state index >= 15 is 0 Å². The highest BCUT2D eigenvalue weighted by Gasteiger charge is 2.18. The molecule has 1 rings (SSSR count). The molecule has 0 bridgehead atoms. The van der Waals surface area contributed by atoms with Crippen molar-refractivity contribution in [3.05, 3.63) is 22.1 Å². The molecule has 0 saturated carbocycles. The molecular weight excluding hydrogens is 184 g/mol. The van der Waals surface area contributed by atoms with Gasteiger partial charge in [0.05, 0.1) is 4.92 Å². The molecule has 6 nitrogen and oxygen atoms in total. The fourth-order valence-corrected chi connectivity index (χ4v) is 1.06. The molecule has 6 heteroatoms. The summed E-state index contributed by atoms with van der Waals surface area (Å²) in [5, 5.41) is 13.6. The minimum atomic E-state index is -0.465. The van der Waals surface area contributed by atoms with Crippen molar-refractivity contribution in [1.82, 2.24) is 9.97 Å². The Labute approximate surface area is 81.5 Å². The Morgan fingerprint density at radius 3 is 2.86 bits per heavy atom. The van der Waals surface area contributed by atoms with Gasteiger partial charge in [0.15, 0.2) is 0 Å². The van der Waals surface area contributed by atoms with Gasteiger partial charge in [0, 0.05) is 6.54 Å². The lowest BCUT2D eigenvalue weighted by Gasteiger charge is -2.04. The predicted molar refractivity (Wildman–Crippen MR) is 52.2 cm³/mol. The minimum absolute atomic E-state index is 0.0408. The van der Waals surface area contributed by atoms with Crippen LogP contribution in [0.2, 0.25) is 0 Å². The molecule has 1 heterocycles. The highest BCUT2D eigenvalue weighted by molar-refractivity contribution is 5.57. The van der Waals surface area contributed by atoms with Crippen molar-refractivity contribution in [1.29, 1.82) is 0 Å². The van der Waals surface area contributed by atoms with Crippen molar-refractivity contribution in [2.24, 2.45) is 0 Å². The first-order chi connectivity index (χ1) is 6.66. The molecule has 0 aliphatic carbocycles. The van der Waals surface area contributed by atoms with Gasteiger partial charge in [0.25, 0.3) is 0 Å². The average molecular weight is 196 g/mol. The summed E-state index contributed by atoms with van der Waals surface area (Å²) in [6.45, 7) is 4.24. The van der Waals surface area contributed by atoms with Gasteiger partial charge in [-0.1, -0.05) is 6.92 Å². The highest BCUT2D eigenvalue weighted by Crippen LogP contribution is 2.23. The molecule has 1 aromatic rings. The molecule has 0 aliphatic heterocycles. The van der Waals surface area contributed by atoms with Crippen LogP contribution in [0.5, 0.6) is 0 Å². The average Bonchev–Trinajstić information content (AvgIpc) is 2.14. The maximum atomic E-state index is 10.7. The molecule has 0 radical (unpaired) electrons. The molecule has 0 fully saturated rings. The van der Waals surface area contributed by atoms with Crippen LogP contribution in [0, 0.1) is 17.0 Å². The van der Waals surface area contributed by atoms with E-state index < -0.39 is 4.92 Å². The van der Waals surface area contributed by atoms with Crippen LogP contribution >= 0.6 is 0 Å². The van der Waals surface area contributed by atoms with E-state index in [9.17, 15) is 10.1 Å². The number of hydrogen-bond acceptors (Lipinski definition) is 5. The number of aryl methyl sites for hydroxylation is 1. The van der Waals surface area contributed by atoms with Crippen LogP contribution in [-0.4, -0.2) is 21.4 Å². The molecule has 1 N–H and O–H groups in total. The molecule has 0 aliphatic rings. The molecule has 0 spiro atoms. The Bertz CT molecular complexity index is 340. The number of aromatic nitrogens is 2. The molecule has 0 amide bonds. The normalized spacial score (nSPS) is 9.86. The van der Waals surface area contributed by atoms with E-state index in [0.717, 1.165) is 6.42 Å². The number of nitro groups is 1. The quantitative estimate of drug-likeness (QED) is 0.583. The number of nitrogens with one attached hydrogen (secondary N) is 1. The van der Waals surface area contributed by atoms with Gasteiger partial charge in [0.2, 0.25) is 5.82 Å². The first-order valence-corrected chi connectivity index (χ1v) is 4.36. The number of nitrogens with zero attached hydrogens (tertiary/aromatic N) is 3. The van der Waals surface area contributed by atoms with Gasteiger partial charge in [-0.3, -0.25) is 10.1 Å². The van der Waals surface area contributed by atoms with Crippen molar-refractivity contribution in [3.8, 4) is 0 Å². The van der Waals surface area contributed by atoms with Crippen molar-refractivity contribution in [3.63, 3.8) is 0 Å². The minimum Gasteiger partial charge on any atom is -0.364 e. The first kappa shape index (κ1) is 10.4.